The molecule has 0 fully saturated rings. The fourth-order valence-electron chi connectivity index (χ4n) is 3.98. The molecule has 0 bridgehead atoms. The first-order valence-electron chi connectivity index (χ1n) is 10.3. The Balaban J connectivity index is 0.00000259. The normalized spacial score (nSPS) is 13.3. The highest BCUT2D eigenvalue weighted by atomic mass is 35.5. The molecule has 6 nitrogen and oxygen atoms in total. The molecule has 1 aliphatic heterocycles. The third kappa shape index (κ3) is 4.44. The van der Waals surface area contributed by atoms with Gasteiger partial charge in [-0.3, -0.25) is 4.79 Å². The minimum atomic E-state index is -0.180. The third-order valence-corrected chi connectivity index (χ3v) is 7.81. The summed E-state index contributed by atoms with van der Waals surface area (Å²) < 4.78 is 11.8. The summed E-state index contributed by atoms with van der Waals surface area (Å²) >= 11 is 3.32. The standard InChI is InChI=1S/C24H23N3O3S2.ClH/c1-27-11-10-15-20(13-27)32-24(21(15)23-25-16-6-4-5-7-19(16)31-23)26-22(28)14-8-9-17(29-2)18(12-14)30-3;/h4-9,12H,10-11,13H2,1-3H3,(H,26,28);1H. The Morgan fingerprint density at radius 2 is 1.88 bits per heavy atom. The van der Waals surface area contributed by atoms with E-state index in [4.69, 9.17) is 14.5 Å². The van der Waals surface area contributed by atoms with E-state index in [-0.39, 0.29) is 18.3 Å². The van der Waals surface area contributed by atoms with Crippen molar-refractivity contribution in [1.82, 2.24) is 9.88 Å². The number of ether oxygens (including phenoxy) is 2. The van der Waals surface area contributed by atoms with Gasteiger partial charge in [0.25, 0.3) is 5.91 Å². The number of fused-ring (bicyclic) bond motifs is 2. The first kappa shape index (κ1) is 23.5. The first-order chi connectivity index (χ1) is 15.6. The summed E-state index contributed by atoms with van der Waals surface area (Å²) in [6, 6.07) is 13.3. The average molecular weight is 502 g/mol. The molecular weight excluding hydrogens is 478 g/mol. The van der Waals surface area contributed by atoms with E-state index >= 15 is 0 Å². The summed E-state index contributed by atoms with van der Waals surface area (Å²) in [4.78, 5) is 21.7. The van der Waals surface area contributed by atoms with Crippen LogP contribution in [0.2, 0.25) is 0 Å². The summed E-state index contributed by atoms with van der Waals surface area (Å²) in [5.41, 5.74) is 3.86. The Bertz CT molecular complexity index is 1280. The van der Waals surface area contributed by atoms with Crippen molar-refractivity contribution in [2.45, 2.75) is 13.0 Å². The van der Waals surface area contributed by atoms with Crippen LogP contribution < -0.4 is 14.8 Å². The molecule has 1 aliphatic rings. The number of carbonyl (C=O) groups is 1. The first-order valence-corrected chi connectivity index (χ1v) is 11.9. The number of carbonyl (C=O) groups excluding carboxylic acids is 1. The fraction of sp³-hybridized carbons (Fsp3) is 0.250. The van der Waals surface area contributed by atoms with Gasteiger partial charge in [0.1, 0.15) is 10.0 Å². The molecule has 33 heavy (non-hydrogen) atoms. The molecule has 0 saturated carbocycles. The highest BCUT2D eigenvalue weighted by Gasteiger charge is 2.27. The van der Waals surface area contributed by atoms with Gasteiger partial charge in [-0.1, -0.05) is 12.1 Å². The molecule has 2 aromatic carbocycles. The summed E-state index contributed by atoms with van der Waals surface area (Å²) in [5.74, 6) is 0.938. The number of amides is 1. The van der Waals surface area contributed by atoms with Crippen LogP contribution >= 0.6 is 35.1 Å². The molecule has 0 unspecified atom stereocenters. The summed E-state index contributed by atoms with van der Waals surface area (Å²) in [7, 11) is 5.27. The number of likely N-dealkylation sites (N-methyl/N-ethyl adjacent to an activating group) is 1. The molecular formula is C24H24ClN3O3S2. The number of aromatic nitrogens is 1. The van der Waals surface area contributed by atoms with Crippen LogP contribution in [0.25, 0.3) is 20.8 Å². The molecule has 172 valence electrons. The predicted molar refractivity (Wildman–Crippen MR) is 138 cm³/mol. The number of hydrogen-bond donors (Lipinski definition) is 1. The Morgan fingerprint density at radius 3 is 2.64 bits per heavy atom. The van der Waals surface area contributed by atoms with Gasteiger partial charge in [-0.05, 0) is 49.4 Å². The van der Waals surface area contributed by atoms with Crippen LogP contribution in [0.1, 0.15) is 20.8 Å². The quantitative estimate of drug-likeness (QED) is 0.380. The lowest BCUT2D eigenvalue weighted by molar-refractivity contribution is 0.102. The molecule has 1 amide bonds. The van der Waals surface area contributed by atoms with Crippen molar-refractivity contribution in [3.05, 3.63) is 58.5 Å². The second kappa shape index (κ2) is 9.69. The minimum Gasteiger partial charge on any atom is -0.493 e. The van der Waals surface area contributed by atoms with Gasteiger partial charge in [0.15, 0.2) is 11.5 Å². The summed E-state index contributed by atoms with van der Waals surface area (Å²) in [5, 5.41) is 4.97. The van der Waals surface area contributed by atoms with E-state index in [1.807, 2.05) is 18.2 Å². The molecule has 3 heterocycles. The van der Waals surface area contributed by atoms with Gasteiger partial charge in [-0.25, -0.2) is 4.98 Å². The van der Waals surface area contributed by atoms with Gasteiger partial charge in [-0.2, -0.15) is 0 Å². The van der Waals surface area contributed by atoms with Gasteiger partial charge in [0, 0.05) is 29.1 Å². The lowest BCUT2D eigenvalue weighted by atomic mass is 10.0. The van der Waals surface area contributed by atoms with Crippen LogP contribution in [0.15, 0.2) is 42.5 Å². The Labute approximate surface area is 206 Å². The van der Waals surface area contributed by atoms with E-state index in [1.165, 1.54) is 10.4 Å². The lowest BCUT2D eigenvalue weighted by Gasteiger charge is -2.22. The largest absolute Gasteiger partial charge is 0.493 e. The number of hydrogen-bond acceptors (Lipinski definition) is 7. The van der Waals surface area contributed by atoms with Gasteiger partial charge in [-0.15, -0.1) is 35.1 Å². The Hall–Kier alpha value is -2.65. The number of methoxy groups -OCH3 is 2. The zero-order valence-electron chi connectivity index (χ0n) is 18.5. The SMILES string of the molecule is COc1ccc(C(=O)Nc2sc3c(c2-c2nc4ccccc4s2)CCN(C)C3)cc1OC.Cl. The number of halogens is 1. The average Bonchev–Trinajstić information content (AvgIpc) is 3.38. The zero-order chi connectivity index (χ0) is 22.2. The van der Waals surface area contributed by atoms with Crippen molar-refractivity contribution in [2.75, 3.05) is 33.1 Å². The number of rotatable bonds is 5. The van der Waals surface area contributed by atoms with Crippen LogP contribution in [-0.2, 0) is 13.0 Å². The maximum absolute atomic E-state index is 13.2. The second-order valence-corrected chi connectivity index (χ2v) is 9.84. The van der Waals surface area contributed by atoms with Crippen LogP contribution in [0.3, 0.4) is 0 Å². The fourth-order valence-corrected chi connectivity index (χ4v) is 6.41. The lowest BCUT2D eigenvalue weighted by Crippen LogP contribution is -2.25. The Morgan fingerprint density at radius 1 is 1.09 bits per heavy atom. The molecule has 2 aromatic heterocycles. The van der Waals surface area contributed by atoms with Crippen molar-refractivity contribution in [2.24, 2.45) is 0 Å². The van der Waals surface area contributed by atoms with Crippen LogP contribution in [0.4, 0.5) is 5.00 Å². The summed E-state index contributed by atoms with van der Waals surface area (Å²) in [6.07, 6.45) is 0.944. The monoisotopic (exact) mass is 501 g/mol. The van der Waals surface area contributed by atoms with E-state index < -0.39 is 0 Å². The molecule has 4 aromatic rings. The van der Waals surface area contributed by atoms with E-state index in [9.17, 15) is 4.79 Å². The molecule has 0 radical (unpaired) electrons. The van der Waals surface area contributed by atoms with E-state index in [0.717, 1.165) is 45.3 Å². The van der Waals surface area contributed by atoms with E-state index in [0.29, 0.717) is 17.1 Å². The topological polar surface area (TPSA) is 63.7 Å². The number of nitrogens with one attached hydrogen (secondary N) is 1. The number of thiazole rings is 1. The number of anilines is 1. The maximum atomic E-state index is 13.2. The van der Waals surface area contributed by atoms with Gasteiger partial charge in [0.2, 0.25) is 0 Å². The van der Waals surface area contributed by atoms with Gasteiger partial charge in [0.05, 0.1) is 24.4 Å². The predicted octanol–water partition coefficient (Wildman–Crippen LogP) is 5.70. The minimum absolute atomic E-state index is 0. The molecule has 0 spiro atoms. The molecule has 0 aliphatic carbocycles. The number of thiophene rings is 1. The van der Waals surface area contributed by atoms with E-state index in [1.54, 1.807) is 55.1 Å². The van der Waals surface area contributed by atoms with Gasteiger partial charge < -0.3 is 19.7 Å². The Kier molecular flexibility index (Phi) is 6.90. The number of benzene rings is 2. The highest BCUT2D eigenvalue weighted by Crippen LogP contribution is 2.45. The van der Waals surface area contributed by atoms with Crippen molar-refractivity contribution in [3.8, 4) is 22.1 Å². The molecule has 0 atom stereocenters. The van der Waals surface area contributed by atoms with Crippen molar-refractivity contribution in [1.29, 1.82) is 0 Å². The van der Waals surface area contributed by atoms with Crippen molar-refractivity contribution < 1.29 is 14.3 Å². The third-order valence-electron chi connectivity index (χ3n) is 5.63. The number of para-hydroxylation sites is 1. The zero-order valence-corrected chi connectivity index (χ0v) is 21.0. The van der Waals surface area contributed by atoms with E-state index in [2.05, 4.69) is 23.3 Å². The second-order valence-electron chi connectivity index (χ2n) is 7.71. The summed E-state index contributed by atoms with van der Waals surface area (Å²) in [6.45, 7) is 1.87. The highest BCUT2D eigenvalue weighted by molar-refractivity contribution is 7.23. The van der Waals surface area contributed by atoms with Crippen molar-refractivity contribution in [3.63, 3.8) is 0 Å². The molecule has 0 saturated heterocycles. The maximum Gasteiger partial charge on any atom is 0.256 e. The van der Waals surface area contributed by atoms with Crippen molar-refractivity contribution >= 4 is 56.2 Å². The van der Waals surface area contributed by atoms with Crippen LogP contribution in [-0.4, -0.2) is 43.6 Å². The van der Waals surface area contributed by atoms with Crippen LogP contribution in [0, 0.1) is 0 Å². The molecule has 1 N–H and O–H groups in total. The molecule has 9 heteroatoms. The smallest absolute Gasteiger partial charge is 0.256 e. The molecule has 5 rings (SSSR count). The van der Waals surface area contributed by atoms with Crippen LogP contribution in [0.5, 0.6) is 11.5 Å². The number of nitrogens with zero attached hydrogens (tertiary/aromatic N) is 2. The van der Waals surface area contributed by atoms with Gasteiger partial charge >= 0.3 is 0 Å².